The fourth-order valence-electron chi connectivity index (χ4n) is 6.07. The molecule has 4 aromatic rings. The molecular weight excluding hydrogens is 629 g/mol. The van der Waals surface area contributed by atoms with Gasteiger partial charge in [0.15, 0.2) is 0 Å². The molecule has 1 atom stereocenters. The minimum atomic E-state index is -4.35. The van der Waals surface area contributed by atoms with Gasteiger partial charge in [-0.25, -0.2) is 12.8 Å². The molecule has 10 heteroatoms. The van der Waals surface area contributed by atoms with Crippen molar-refractivity contribution >= 4 is 27.5 Å². The quantitative estimate of drug-likeness (QED) is 0.167. The smallest absolute Gasteiger partial charge is 0.264 e. The number of nitrogens with zero attached hydrogens (tertiary/aromatic N) is 2. The fraction of sp³-hybridized carbons (Fsp3) is 0.316. The number of nitrogens with one attached hydrogen (secondary N) is 1. The summed E-state index contributed by atoms with van der Waals surface area (Å²) in [5.74, 6) is -0.877. The summed E-state index contributed by atoms with van der Waals surface area (Å²) in [7, 11) is -4.35. The Bertz CT molecular complexity index is 1780. The second-order valence-corrected chi connectivity index (χ2v) is 14.0. The van der Waals surface area contributed by atoms with Crippen molar-refractivity contribution in [2.24, 2.45) is 0 Å². The van der Waals surface area contributed by atoms with Crippen LogP contribution in [0.1, 0.15) is 49.3 Å². The monoisotopic (exact) mass is 671 g/mol. The summed E-state index contributed by atoms with van der Waals surface area (Å²) in [4.78, 5) is 30.1. The topological polar surface area (TPSA) is 96.0 Å². The van der Waals surface area contributed by atoms with Gasteiger partial charge in [0.25, 0.3) is 10.0 Å². The first kappa shape index (κ1) is 34.6. The first-order chi connectivity index (χ1) is 23.1. The number of anilines is 1. The lowest BCUT2D eigenvalue weighted by molar-refractivity contribution is -0.140. The molecule has 0 aliphatic heterocycles. The van der Waals surface area contributed by atoms with Crippen LogP contribution in [0, 0.1) is 12.7 Å². The summed E-state index contributed by atoms with van der Waals surface area (Å²) in [6, 6.07) is 27.2. The van der Waals surface area contributed by atoms with E-state index in [1.54, 1.807) is 24.3 Å². The van der Waals surface area contributed by atoms with Gasteiger partial charge in [0, 0.05) is 19.0 Å². The van der Waals surface area contributed by atoms with Gasteiger partial charge in [0.1, 0.15) is 24.2 Å². The number of hydrogen-bond acceptors (Lipinski definition) is 5. The van der Waals surface area contributed by atoms with Gasteiger partial charge in [-0.2, -0.15) is 0 Å². The van der Waals surface area contributed by atoms with Gasteiger partial charge in [-0.3, -0.25) is 13.9 Å². The third kappa shape index (κ3) is 8.80. The minimum absolute atomic E-state index is 0.0194. The number of ether oxygens (including phenoxy) is 1. The Labute approximate surface area is 282 Å². The van der Waals surface area contributed by atoms with Crippen molar-refractivity contribution in [3.63, 3.8) is 0 Å². The molecule has 0 saturated heterocycles. The lowest BCUT2D eigenvalue weighted by Crippen LogP contribution is -2.54. The minimum Gasteiger partial charge on any atom is -0.494 e. The average molecular weight is 672 g/mol. The van der Waals surface area contributed by atoms with Crippen LogP contribution in [0.2, 0.25) is 0 Å². The van der Waals surface area contributed by atoms with Crippen molar-refractivity contribution in [2.45, 2.75) is 69.5 Å². The van der Waals surface area contributed by atoms with Crippen molar-refractivity contribution in [1.82, 2.24) is 10.2 Å². The van der Waals surface area contributed by atoms with Gasteiger partial charge in [-0.15, -0.1) is 0 Å². The lowest BCUT2D eigenvalue weighted by Gasteiger charge is -2.34. The van der Waals surface area contributed by atoms with Crippen LogP contribution in [0.5, 0.6) is 5.75 Å². The first-order valence-corrected chi connectivity index (χ1v) is 17.8. The van der Waals surface area contributed by atoms with Crippen LogP contribution < -0.4 is 14.4 Å². The van der Waals surface area contributed by atoms with Crippen LogP contribution >= 0.6 is 0 Å². The zero-order valence-corrected chi connectivity index (χ0v) is 28.2. The number of carbonyl (C=O) groups is 2. The molecule has 0 aromatic heterocycles. The summed E-state index contributed by atoms with van der Waals surface area (Å²) in [5.41, 5.74) is 2.89. The highest BCUT2D eigenvalue weighted by atomic mass is 32.2. The molecule has 4 aromatic carbocycles. The van der Waals surface area contributed by atoms with Gasteiger partial charge >= 0.3 is 0 Å². The number of sulfonamides is 1. The molecule has 1 saturated carbocycles. The number of aryl methyl sites for hydroxylation is 1. The number of halogens is 1. The highest BCUT2D eigenvalue weighted by Crippen LogP contribution is 2.28. The second kappa shape index (κ2) is 15.9. The molecule has 8 nitrogen and oxygen atoms in total. The molecule has 252 valence electrons. The summed E-state index contributed by atoms with van der Waals surface area (Å²) in [6.45, 7) is 3.71. The van der Waals surface area contributed by atoms with Crippen molar-refractivity contribution in [1.29, 1.82) is 0 Å². The van der Waals surface area contributed by atoms with Crippen LogP contribution in [0.25, 0.3) is 0 Å². The number of carbonyl (C=O) groups excluding carboxylic acids is 2. The van der Waals surface area contributed by atoms with Gasteiger partial charge < -0.3 is 15.0 Å². The van der Waals surface area contributed by atoms with Crippen LogP contribution in [0.15, 0.2) is 108 Å². The largest absolute Gasteiger partial charge is 0.494 e. The van der Waals surface area contributed by atoms with E-state index in [0.717, 1.165) is 58.8 Å². The molecule has 0 unspecified atom stereocenters. The van der Waals surface area contributed by atoms with Crippen molar-refractivity contribution in [3.05, 3.63) is 126 Å². The molecule has 1 aliphatic rings. The zero-order chi connectivity index (χ0) is 34.1. The van der Waals surface area contributed by atoms with E-state index in [9.17, 15) is 22.4 Å². The molecule has 0 radical (unpaired) electrons. The maximum absolute atomic E-state index is 14.6. The lowest BCUT2D eigenvalue weighted by atomic mass is 10.0. The maximum Gasteiger partial charge on any atom is 0.264 e. The van der Waals surface area contributed by atoms with Crippen molar-refractivity contribution in [2.75, 3.05) is 17.5 Å². The normalized spacial score (nSPS) is 13.9. The molecule has 0 spiro atoms. The molecule has 5 rings (SSSR count). The number of amides is 2. The standard InChI is InChI=1S/C38H42FN3O5S/c1-3-47-34-20-18-33(19-21-34)42(48(45,46)35-22-16-31(39)17-23-35)27-37(43)41(26-30-13-9-10-28(2)24-30)36(25-29-11-5-4-6-12-29)38(44)40-32-14-7-8-15-32/h4-6,9-13,16-24,32,36H,3,7-8,14-15,25-27H2,1-2H3,(H,40,44)/t36-/m0/s1. The number of benzene rings is 4. The van der Waals surface area contributed by atoms with Crippen LogP contribution in [-0.4, -0.2) is 50.4 Å². The molecule has 2 amide bonds. The number of rotatable bonds is 14. The SMILES string of the molecule is CCOc1ccc(N(CC(=O)N(Cc2cccc(C)c2)[C@@H](Cc2ccccc2)C(=O)NC2CCCC2)S(=O)(=O)c2ccc(F)cc2)cc1. The van der Waals surface area contributed by atoms with Gasteiger partial charge in [-0.05, 0) is 86.3 Å². The predicted octanol–water partition coefficient (Wildman–Crippen LogP) is 6.43. The predicted molar refractivity (Wildman–Crippen MR) is 185 cm³/mol. The van der Waals surface area contributed by atoms with Crippen molar-refractivity contribution < 1.29 is 27.1 Å². The van der Waals surface area contributed by atoms with Crippen LogP contribution in [0.3, 0.4) is 0 Å². The van der Waals surface area contributed by atoms with Gasteiger partial charge in [-0.1, -0.05) is 73.0 Å². The third-order valence-corrected chi connectivity index (χ3v) is 10.3. The Morgan fingerprint density at radius 1 is 0.896 bits per heavy atom. The van der Waals surface area contributed by atoms with E-state index >= 15 is 0 Å². The van der Waals surface area contributed by atoms with Crippen molar-refractivity contribution in [3.8, 4) is 5.75 Å². The van der Waals surface area contributed by atoms with E-state index in [-0.39, 0.29) is 35.5 Å². The molecule has 1 N–H and O–H groups in total. The third-order valence-electron chi connectivity index (χ3n) is 8.52. The second-order valence-electron chi connectivity index (χ2n) is 12.1. The first-order valence-electron chi connectivity index (χ1n) is 16.3. The molecule has 1 fully saturated rings. The van der Waals surface area contributed by atoms with Gasteiger partial charge in [0.05, 0.1) is 17.2 Å². The zero-order valence-electron chi connectivity index (χ0n) is 27.3. The molecule has 48 heavy (non-hydrogen) atoms. The van der Waals surface area contributed by atoms with E-state index in [4.69, 9.17) is 4.74 Å². The Morgan fingerprint density at radius 2 is 1.56 bits per heavy atom. The Balaban J connectivity index is 1.56. The van der Waals surface area contributed by atoms with Crippen LogP contribution in [0.4, 0.5) is 10.1 Å². The van der Waals surface area contributed by atoms with Gasteiger partial charge in [0.2, 0.25) is 11.8 Å². The maximum atomic E-state index is 14.6. The number of hydrogen-bond donors (Lipinski definition) is 1. The molecule has 0 heterocycles. The van der Waals surface area contributed by atoms with E-state index in [1.165, 1.54) is 17.0 Å². The van der Waals surface area contributed by atoms with E-state index in [1.807, 2.05) is 68.4 Å². The summed E-state index contributed by atoms with van der Waals surface area (Å²) in [5, 5.41) is 3.18. The summed E-state index contributed by atoms with van der Waals surface area (Å²) in [6.07, 6.45) is 4.04. The molecule has 0 bridgehead atoms. The summed E-state index contributed by atoms with van der Waals surface area (Å²) < 4.78 is 48.7. The highest BCUT2D eigenvalue weighted by molar-refractivity contribution is 7.92. The van der Waals surface area contributed by atoms with Crippen LogP contribution in [-0.2, 0) is 32.6 Å². The molecule has 1 aliphatic carbocycles. The summed E-state index contributed by atoms with van der Waals surface area (Å²) >= 11 is 0. The Hall–Kier alpha value is -4.70. The van der Waals surface area contributed by atoms with E-state index < -0.39 is 34.3 Å². The van der Waals surface area contributed by atoms with E-state index in [2.05, 4.69) is 5.32 Å². The average Bonchev–Trinajstić information content (AvgIpc) is 3.59. The van der Waals surface area contributed by atoms with E-state index in [0.29, 0.717) is 12.4 Å². The fourth-order valence-corrected chi connectivity index (χ4v) is 7.48. The Kier molecular flexibility index (Phi) is 11.5. The molecular formula is C38H42FN3O5S. The Morgan fingerprint density at radius 3 is 2.21 bits per heavy atom. The highest BCUT2D eigenvalue weighted by Gasteiger charge is 2.35.